The zero-order chi connectivity index (χ0) is 19.9. The first-order valence-electron chi connectivity index (χ1n) is 8.93. The van der Waals surface area contributed by atoms with Gasteiger partial charge in [-0.25, -0.2) is 8.42 Å². The Morgan fingerprint density at radius 3 is 2.39 bits per heavy atom. The molecule has 0 bridgehead atoms. The minimum atomic E-state index is -3.62. The van der Waals surface area contributed by atoms with Crippen LogP contribution in [0.15, 0.2) is 45.8 Å². The average molecular weight is 506 g/mol. The van der Waals surface area contributed by atoms with Crippen LogP contribution in [0.4, 0.5) is 5.69 Å². The first kappa shape index (κ1) is 20.4. The van der Waals surface area contributed by atoms with Gasteiger partial charge < -0.3 is 9.64 Å². The van der Waals surface area contributed by atoms with Gasteiger partial charge in [-0.1, -0.05) is 39.1 Å². The molecule has 1 saturated heterocycles. The summed E-state index contributed by atoms with van der Waals surface area (Å²) in [6.07, 6.45) is 1.46. The van der Waals surface area contributed by atoms with Crippen molar-refractivity contribution in [2.24, 2.45) is 0 Å². The van der Waals surface area contributed by atoms with Crippen LogP contribution >= 0.6 is 39.1 Å². The van der Waals surface area contributed by atoms with E-state index in [0.717, 1.165) is 28.6 Å². The molecule has 0 amide bonds. The molecule has 0 saturated carbocycles. The molecule has 5 nitrogen and oxygen atoms in total. The van der Waals surface area contributed by atoms with E-state index in [0.29, 0.717) is 36.5 Å². The molecule has 0 aliphatic carbocycles. The molecule has 2 aromatic carbocycles. The van der Waals surface area contributed by atoms with E-state index in [9.17, 15) is 8.42 Å². The van der Waals surface area contributed by atoms with E-state index in [1.165, 1.54) is 22.5 Å². The summed E-state index contributed by atoms with van der Waals surface area (Å²) < 4.78 is 34.2. The fraction of sp³-hybridized carbons (Fsp3) is 0.368. The first-order valence-corrected chi connectivity index (χ1v) is 11.9. The van der Waals surface area contributed by atoms with Gasteiger partial charge in [0.2, 0.25) is 10.0 Å². The number of hydrogen-bond acceptors (Lipinski definition) is 4. The highest BCUT2D eigenvalue weighted by molar-refractivity contribution is 9.10. The summed E-state index contributed by atoms with van der Waals surface area (Å²) in [7, 11) is -3.62. The normalized spacial score (nSPS) is 18.9. The van der Waals surface area contributed by atoms with E-state index in [4.69, 9.17) is 27.9 Å². The number of halogens is 3. The molecule has 0 spiro atoms. The van der Waals surface area contributed by atoms with Gasteiger partial charge in [0, 0.05) is 44.9 Å². The van der Waals surface area contributed by atoms with Crippen molar-refractivity contribution in [3.8, 4) is 0 Å². The molecule has 0 unspecified atom stereocenters. The van der Waals surface area contributed by atoms with E-state index in [1.807, 2.05) is 6.07 Å². The Balaban J connectivity index is 1.50. The fourth-order valence-corrected chi connectivity index (χ4v) is 6.40. The molecule has 0 atom stereocenters. The summed E-state index contributed by atoms with van der Waals surface area (Å²) in [6.45, 7) is 2.00. The Hall–Kier alpha value is -0.830. The molecule has 2 aliphatic rings. The molecule has 2 aromatic rings. The summed E-state index contributed by atoms with van der Waals surface area (Å²) in [5.41, 5.74) is 2.31. The van der Waals surface area contributed by atoms with Gasteiger partial charge in [-0.15, -0.1) is 0 Å². The quantitative estimate of drug-likeness (QED) is 0.595. The third kappa shape index (κ3) is 4.06. The van der Waals surface area contributed by atoms with E-state index < -0.39 is 10.0 Å². The van der Waals surface area contributed by atoms with Crippen LogP contribution in [-0.4, -0.2) is 38.6 Å². The average Bonchev–Trinajstić information content (AvgIpc) is 2.66. The minimum Gasteiger partial charge on any atom is -0.356 e. The molecular weight excluding hydrogens is 487 g/mol. The Kier molecular flexibility index (Phi) is 5.93. The molecular formula is C19H19BrCl2N2O3S. The number of piperidine rings is 1. The van der Waals surface area contributed by atoms with Gasteiger partial charge >= 0.3 is 0 Å². The standard InChI is InChI=1S/C19H19BrCl2N2O3S/c20-14-1-2-19-13(7-14)11-27-12-24(19)17-3-5-23(6-4-17)28(25,26)18-9-15(21)8-16(22)10-18/h1-2,7-10,17H,3-6,11-12H2. The number of benzene rings is 2. The maximum atomic E-state index is 13.0. The lowest BCUT2D eigenvalue weighted by Gasteiger charge is -2.41. The summed E-state index contributed by atoms with van der Waals surface area (Å²) >= 11 is 15.5. The number of rotatable bonds is 3. The molecule has 2 aliphatic heterocycles. The molecule has 9 heteroatoms. The second kappa shape index (κ2) is 8.13. The summed E-state index contributed by atoms with van der Waals surface area (Å²) in [5.74, 6) is 0. The molecule has 150 valence electrons. The maximum absolute atomic E-state index is 13.0. The van der Waals surface area contributed by atoms with Crippen molar-refractivity contribution in [2.45, 2.75) is 30.4 Å². The van der Waals surface area contributed by atoms with Crippen LogP contribution in [0.3, 0.4) is 0 Å². The number of anilines is 1. The lowest BCUT2D eigenvalue weighted by Crippen LogP contribution is -2.48. The number of sulfonamides is 1. The van der Waals surface area contributed by atoms with E-state index in [2.05, 4.69) is 33.0 Å². The second-order valence-electron chi connectivity index (χ2n) is 6.96. The zero-order valence-corrected chi connectivity index (χ0v) is 18.9. The largest absolute Gasteiger partial charge is 0.356 e. The number of hydrogen-bond donors (Lipinski definition) is 0. The lowest BCUT2D eigenvalue weighted by atomic mass is 10.0. The van der Waals surface area contributed by atoms with Crippen LogP contribution in [0.1, 0.15) is 18.4 Å². The van der Waals surface area contributed by atoms with Crippen molar-refractivity contribution in [2.75, 3.05) is 24.7 Å². The molecule has 2 heterocycles. The summed E-state index contributed by atoms with van der Waals surface area (Å²) in [5, 5.41) is 0.628. The third-order valence-corrected chi connectivity index (χ3v) is 7.98. The monoisotopic (exact) mass is 504 g/mol. The van der Waals surface area contributed by atoms with Gasteiger partial charge in [-0.2, -0.15) is 4.31 Å². The Labute approximate surface area is 183 Å². The molecule has 1 fully saturated rings. The smallest absolute Gasteiger partial charge is 0.243 e. The Morgan fingerprint density at radius 1 is 1.04 bits per heavy atom. The topological polar surface area (TPSA) is 49.9 Å². The van der Waals surface area contributed by atoms with E-state index >= 15 is 0 Å². The molecule has 0 N–H and O–H groups in total. The number of nitrogens with zero attached hydrogens (tertiary/aromatic N) is 2. The van der Waals surface area contributed by atoms with Crippen molar-refractivity contribution >= 4 is 54.8 Å². The van der Waals surface area contributed by atoms with E-state index in [1.54, 1.807) is 0 Å². The molecule has 4 rings (SSSR count). The number of fused-ring (bicyclic) bond motifs is 1. The Morgan fingerprint density at radius 2 is 1.71 bits per heavy atom. The predicted molar refractivity (Wildman–Crippen MR) is 115 cm³/mol. The summed E-state index contributed by atoms with van der Waals surface area (Å²) in [6, 6.07) is 10.8. The van der Waals surface area contributed by atoms with Gasteiger partial charge in [-0.3, -0.25) is 0 Å². The Bertz CT molecular complexity index is 974. The third-order valence-electron chi connectivity index (χ3n) is 5.18. The van der Waals surface area contributed by atoms with Crippen molar-refractivity contribution in [1.82, 2.24) is 4.31 Å². The van der Waals surface area contributed by atoms with Crippen molar-refractivity contribution in [3.63, 3.8) is 0 Å². The summed E-state index contributed by atoms with van der Waals surface area (Å²) in [4.78, 5) is 2.38. The van der Waals surface area contributed by atoms with E-state index in [-0.39, 0.29) is 10.9 Å². The second-order valence-corrected chi connectivity index (χ2v) is 10.7. The first-order chi connectivity index (χ1) is 13.3. The van der Waals surface area contributed by atoms with Crippen molar-refractivity contribution in [3.05, 3.63) is 56.5 Å². The van der Waals surface area contributed by atoms with Gasteiger partial charge in [-0.05, 0) is 49.2 Å². The zero-order valence-electron chi connectivity index (χ0n) is 14.9. The molecule has 28 heavy (non-hydrogen) atoms. The number of ether oxygens (including phenoxy) is 1. The molecule has 0 aromatic heterocycles. The van der Waals surface area contributed by atoms with Gasteiger partial charge in [0.15, 0.2) is 0 Å². The highest BCUT2D eigenvalue weighted by Crippen LogP contribution is 2.34. The van der Waals surface area contributed by atoms with Gasteiger partial charge in [0.05, 0.1) is 11.5 Å². The minimum absolute atomic E-state index is 0.139. The van der Waals surface area contributed by atoms with Crippen LogP contribution in [0.25, 0.3) is 0 Å². The van der Waals surface area contributed by atoms with Gasteiger partial charge in [0.25, 0.3) is 0 Å². The van der Waals surface area contributed by atoms with Crippen LogP contribution < -0.4 is 4.90 Å². The molecule has 0 radical (unpaired) electrons. The van der Waals surface area contributed by atoms with Crippen LogP contribution in [0.5, 0.6) is 0 Å². The maximum Gasteiger partial charge on any atom is 0.243 e. The lowest BCUT2D eigenvalue weighted by molar-refractivity contribution is 0.0987. The predicted octanol–water partition coefficient (Wildman–Crippen LogP) is 4.90. The highest BCUT2D eigenvalue weighted by atomic mass is 79.9. The van der Waals surface area contributed by atoms with Gasteiger partial charge in [0.1, 0.15) is 6.73 Å². The highest BCUT2D eigenvalue weighted by Gasteiger charge is 2.33. The van der Waals surface area contributed by atoms with Crippen molar-refractivity contribution < 1.29 is 13.2 Å². The van der Waals surface area contributed by atoms with Crippen LogP contribution in [0, 0.1) is 0 Å². The van der Waals surface area contributed by atoms with Crippen LogP contribution in [0.2, 0.25) is 10.0 Å². The SMILES string of the molecule is O=S(=O)(c1cc(Cl)cc(Cl)c1)N1CCC(N2COCc3cc(Br)ccc32)CC1. The van der Waals surface area contributed by atoms with Crippen molar-refractivity contribution in [1.29, 1.82) is 0 Å². The van der Waals surface area contributed by atoms with Crippen LogP contribution in [-0.2, 0) is 21.4 Å². The fourth-order valence-electron chi connectivity index (χ4n) is 3.80.